The fraction of sp³-hybridized carbons (Fsp3) is 0.520. The Labute approximate surface area is 204 Å². The maximum Gasteiger partial charge on any atom is 0.405 e. The highest BCUT2D eigenvalue weighted by Crippen LogP contribution is 2.31. The first-order valence-corrected chi connectivity index (χ1v) is 11.7. The van der Waals surface area contributed by atoms with Gasteiger partial charge in [-0.3, -0.25) is 14.4 Å². The number of ether oxygens (including phenoxy) is 2. The van der Waals surface area contributed by atoms with Crippen molar-refractivity contribution >= 4 is 23.7 Å². The summed E-state index contributed by atoms with van der Waals surface area (Å²) in [4.78, 5) is 50.0. The van der Waals surface area contributed by atoms with Gasteiger partial charge < -0.3 is 30.5 Å². The number of carboxylic acid groups (broad SMARTS) is 1. The van der Waals surface area contributed by atoms with E-state index in [1.807, 2.05) is 0 Å². The number of allylic oxidation sites excluding steroid dienone is 1. The van der Waals surface area contributed by atoms with Crippen LogP contribution in [-0.2, 0) is 25.5 Å². The molecule has 190 valence electrons. The van der Waals surface area contributed by atoms with Crippen LogP contribution in [0.1, 0.15) is 45.1 Å². The van der Waals surface area contributed by atoms with Gasteiger partial charge in [-0.05, 0) is 57.2 Å². The lowest BCUT2D eigenvalue weighted by molar-refractivity contribution is -0.133. The summed E-state index contributed by atoms with van der Waals surface area (Å²) in [6, 6.07) is 4.14. The van der Waals surface area contributed by atoms with E-state index >= 15 is 0 Å². The molecule has 2 aliphatic rings. The number of benzene rings is 1. The SMILES string of the molecule is COc1ccc(CC(NC(=O)C(C)NC(=O)O)C(=O)NC(CC2=CCCC2)C(=O)C2(C)CO2)cc1. The molecule has 1 aromatic rings. The number of Topliss-reactive ketones (excluding diaryl/α,β-unsaturated/α-hetero) is 1. The quantitative estimate of drug-likeness (QED) is 0.259. The van der Waals surface area contributed by atoms with Crippen LogP contribution in [0.5, 0.6) is 5.75 Å². The van der Waals surface area contributed by atoms with Gasteiger partial charge in [0.2, 0.25) is 11.8 Å². The zero-order chi connectivity index (χ0) is 25.6. The predicted molar refractivity (Wildman–Crippen MR) is 127 cm³/mol. The summed E-state index contributed by atoms with van der Waals surface area (Å²) in [5.74, 6) is -0.738. The van der Waals surface area contributed by atoms with Crippen molar-refractivity contribution in [3.63, 3.8) is 0 Å². The number of hydrogen-bond donors (Lipinski definition) is 4. The molecule has 0 aromatic heterocycles. The first kappa shape index (κ1) is 26.2. The van der Waals surface area contributed by atoms with Crippen LogP contribution >= 0.6 is 0 Å². The Bertz CT molecular complexity index is 985. The number of carbonyl (C=O) groups excluding carboxylic acids is 3. The van der Waals surface area contributed by atoms with Crippen LogP contribution in [-0.4, -0.2) is 66.2 Å². The molecule has 1 aromatic carbocycles. The molecule has 0 radical (unpaired) electrons. The van der Waals surface area contributed by atoms with E-state index in [-0.39, 0.29) is 12.2 Å². The maximum absolute atomic E-state index is 13.4. The molecule has 1 heterocycles. The monoisotopic (exact) mass is 487 g/mol. The van der Waals surface area contributed by atoms with Crippen LogP contribution in [0.2, 0.25) is 0 Å². The van der Waals surface area contributed by atoms with Gasteiger partial charge in [0.15, 0.2) is 5.78 Å². The summed E-state index contributed by atoms with van der Waals surface area (Å²) in [7, 11) is 1.54. The fourth-order valence-electron chi connectivity index (χ4n) is 4.04. The predicted octanol–water partition coefficient (Wildman–Crippen LogP) is 1.72. The lowest BCUT2D eigenvalue weighted by atomic mass is 9.94. The topological polar surface area (TPSA) is 146 Å². The van der Waals surface area contributed by atoms with Gasteiger partial charge in [-0.2, -0.15) is 0 Å². The fourth-order valence-corrected chi connectivity index (χ4v) is 4.04. The Hall–Kier alpha value is -3.40. The summed E-state index contributed by atoms with van der Waals surface area (Å²) in [5, 5.41) is 16.5. The van der Waals surface area contributed by atoms with Crippen LogP contribution in [0.15, 0.2) is 35.9 Å². The van der Waals surface area contributed by atoms with Crippen LogP contribution in [0.4, 0.5) is 4.79 Å². The number of ketones is 1. The van der Waals surface area contributed by atoms with Crippen molar-refractivity contribution in [2.24, 2.45) is 0 Å². The third-order valence-corrected chi connectivity index (χ3v) is 6.30. The minimum atomic E-state index is -1.35. The number of hydrogen-bond acceptors (Lipinski definition) is 6. The molecule has 1 fully saturated rings. The molecule has 10 nitrogen and oxygen atoms in total. The van der Waals surface area contributed by atoms with Gasteiger partial charge >= 0.3 is 6.09 Å². The first-order valence-electron chi connectivity index (χ1n) is 11.7. The second-order valence-corrected chi connectivity index (χ2v) is 9.19. The van der Waals surface area contributed by atoms with Gasteiger partial charge in [-0.25, -0.2) is 4.79 Å². The molecule has 3 rings (SSSR count). The molecule has 10 heteroatoms. The van der Waals surface area contributed by atoms with Gasteiger partial charge in [0.25, 0.3) is 0 Å². The van der Waals surface area contributed by atoms with E-state index in [2.05, 4.69) is 22.0 Å². The Morgan fingerprint density at radius 1 is 1.06 bits per heavy atom. The minimum absolute atomic E-state index is 0.138. The van der Waals surface area contributed by atoms with E-state index in [0.717, 1.165) is 30.4 Å². The van der Waals surface area contributed by atoms with E-state index < -0.39 is 41.6 Å². The van der Waals surface area contributed by atoms with Crippen LogP contribution < -0.4 is 20.7 Å². The van der Waals surface area contributed by atoms with E-state index in [9.17, 15) is 19.2 Å². The molecule has 4 unspecified atom stereocenters. The van der Waals surface area contributed by atoms with Crippen molar-refractivity contribution < 1.29 is 33.8 Å². The molecule has 0 spiro atoms. The highest BCUT2D eigenvalue weighted by Gasteiger charge is 2.50. The number of methoxy groups -OCH3 is 1. The summed E-state index contributed by atoms with van der Waals surface area (Å²) in [6.45, 7) is 3.39. The largest absolute Gasteiger partial charge is 0.497 e. The molecular weight excluding hydrogens is 454 g/mol. The van der Waals surface area contributed by atoms with Gasteiger partial charge in [0, 0.05) is 6.42 Å². The molecular formula is C25H33N3O7. The second-order valence-electron chi connectivity index (χ2n) is 9.19. The Morgan fingerprint density at radius 3 is 2.26 bits per heavy atom. The van der Waals surface area contributed by atoms with Gasteiger partial charge in [0.05, 0.1) is 19.8 Å². The number of amides is 3. The highest BCUT2D eigenvalue weighted by molar-refractivity contribution is 5.98. The van der Waals surface area contributed by atoms with Crippen molar-refractivity contribution in [3.05, 3.63) is 41.5 Å². The molecule has 4 N–H and O–H groups in total. The number of rotatable bonds is 12. The number of epoxide rings is 1. The summed E-state index contributed by atoms with van der Waals surface area (Å²) in [5.41, 5.74) is 0.957. The second kappa shape index (κ2) is 11.4. The average Bonchev–Trinajstić information content (AvgIpc) is 3.36. The third kappa shape index (κ3) is 7.29. The third-order valence-electron chi connectivity index (χ3n) is 6.30. The van der Waals surface area contributed by atoms with Crippen molar-refractivity contribution in [1.82, 2.24) is 16.0 Å². The molecule has 0 saturated carbocycles. The summed E-state index contributed by atoms with van der Waals surface area (Å²) < 4.78 is 10.5. The molecule has 35 heavy (non-hydrogen) atoms. The molecule has 3 amide bonds. The normalized spacial score (nSPS) is 21.2. The lowest BCUT2D eigenvalue weighted by Crippen LogP contribution is -2.56. The van der Waals surface area contributed by atoms with Crippen LogP contribution in [0.25, 0.3) is 0 Å². The molecule has 1 aliphatic heterocycles. The Morgan fingerprint density at radius 2 is 1.71 bits per heavy atom. The van der Waals surface area contributed by atoms with Crippen LogP contribution in [0, 0.1) is 0 Å². The minimum Gasteiger partial charge on any atom is -0.497 e. The molecule has 1 saturated heterocycles. The van der Waals surface area contributed by atoms with Gasteiger partial charge in [-0.1, -0.05) is 23.8 Å². The molecule has 4 atom stereocenters. The first-order chi connectivity index (χ1) is 16.6. The average molecular weight is 488 g/mol. The number of carbonyl (C=O) groups is 4. The van der Waals surface area contributed by atoms with E-state index in [4.69, 9.17) is 14.6 Å². The maximum atomic E-state index is 13.4. The zero-order valence-electron chi connectivity index (χ0n) is 20.3. The van der Waals surface area contributed by atoms with Crippen molar-refractivity contribution in [3.8, 4) is 5.75 Å². The van der Waals surface area contributed by atoms with E-state index in [1.54, 1.807) is 38.3 Å². The summed E-state index contributed by atoms with van der Waals surface area (Å²) >= 11 is 0. The van der Waals surface area contributed by atoms with Gasteiger partial charge in [0.1, 0.15) is 23.4 Å². The Balaban J connectivity index is 1.78. The standard InChI is InChI=1S/C25H33N3O7/c1-15(26-24(32)33)22(30)28-20(13-17-8-10-18(34-3)11-9-17)23(31)27-19(12-16-6-4-5-7-16)21(29)25(2)14-35-25/h6,8-11,15,19-20,26H,4-5,7,12-14H2,1-3H3,(H,27,31)(H,28,30)(H,32,33). The highest BCUT2D eigenvalue weighted by atomic mass is 16.6. The van der Waals surface area contributed by atoms with E-state index in [0.29, 0.717) is 18.8 Å². The molecule has 1 aliphatic carbocycles. The molecule has 0 bridgehead atoms. The van der Waals surface area contributed by atoms with E-state index in [1.165, 1.54) is 6.92 Å². The van der Waals surface area contributed by atoms with Crippen LogP contribution in [0.3, 0.4) is 0 Å². The van der Waals surface area contributed by atoms with Crippen molar-refractivity contribution in [1.29, 1.82) is 0 Å². The zero-order valence-corrected chi connectivity index (χ0v) is 20.3. The van der Waals surface area contributed by atoms with Gasteiger partial charge in [-0.15, -0.1) is 0 Å². The number of nitrogens with one attached hydrogen (secondary N) is 3. The van der Waals surface area contributed by atoms with Crippen molar-refractivity contribution in [2.45, 2.75) is 69.7 Å². The Kier molecular flexibility index (Phi) is 8.50. The summed E-state index contributed by atoms with van der Waals surface area (Å²) in [6.07, 6.45) is 4.12. The lowest BCUT2D eigenvalue weighted by Gasteiger charge is -2.25. The smallest absolute Gasteiger partial charge is 0.405 e. The van der Waals surface area contributed by atoms with Crippen molar-refractivity contribution in [2.75, 3.05) is 13.7 Å².